The highest BCUT2D eigenvalue weighted by Crippen LogP contribution is 2.24. The zero-order valence-corrected chi connectivity index (χ0v) is 13.5. The first-order valence-electron chi connectivity index (χ1n) is 7.08. The molecule has 2 atom stereocenters. The van der Waals surface area contributed by atoms with E-state index in [0.29, 0.717) is 35.0 Å². The number of hydrogen-bond donors (Lipinski definition) is 2. The number of halogens is 2. The monoisotopic (exact) mass is 330 g/mol. The van der Waals surface area contributed by atoms with Gasteiger partial charge in [0.05, 0.1) is 16.6 Å². The van der Waals surface area contributed by atoms with Crippen molar-refractivity contribution in [2.24, 2.45) is 5.73 Å². The van der Waals surface area contributed by atoms with Crippen molar-refractivity contribution in [3.8, 4) is 0 Å². The number of aromatic nitrogens is 1. The van der Waals surface area contributed by atoms with Gasteiger partial charge < -0.3 is 11.1 Å². The van der Waals surface area contributed by atoms with Crippen molar-refractivity contribution in [2.75, 3.05) is 18.4 Å². The lowest BCUT2D eigenvalue weighted by Crippen LogP contribution is -2.51. The van der Waals surface area contributed by atoms with Gasteiger partial charge in [-0.1, -0.05) is 29.6 Å². The molecule has 7 heteroatoms. The predicted molar refractivity (Wildman–Crippen MR) is 85.7 cm³/mol. The molecule has 1 aromatic heterocycles. The second-order valence-corrected chi connectivity index (χ2v) is 6.22. The third kappa shape index (κ3) is 4.30. The molecule has 1 aliphatic rings. The van der Waals surface area contributed by atoms with Gasteiger partial charge in [0.2, 0.25) is 5.91 Å². The van der Waals surface area contributed by atoms with Gasteiger partial charge in [0.25, 0.3) is 0 Å². The number of carbonyl (C=O) groups is 1. The molecule has 2 unspecified atom stereocenters. The van der Waals surface area contributed by atoms with E-state index in [1.165, 1.54) is 6.20 Å². The van der Waals surface area contributed by atoms with E-state index >= 15 is 0 Å². The Labute approximate surface area is 134 Å². The molecule has 1 fully saturated rings. The molecule has 1 amide bonds. The summed E-state index contributed by atoms with van der Waals surface area (Å²) in [7, 11) is 0. The highest BCUT2D eigenvalue weighted by Gasteiger charge is 2.28. The van der Waals surface area contributed by atoms with Crippen LogP contribution >= 0.6 is 23.2 Å². The molecule has 0 saturated carbocycles. The van der Waals surface area contributed by atoms with Crippen LogP contribution in [0.1, 0.15) is 26.2 Å². The van der Waals surface area contributed by atoms with Gasteiger partial charge in [-0.05, 0) is 25.8 Å². The van der Waals surface area contributed by atoms with E-state index in [-0.39, 0.29) is 11.9 Å². The molecule has 2 heterocycles. The molecule has 1 aromatic rings. The number of likely N-dealkylation sites (tertiary alicyclic amines) is 1. The largest absolute Gasteiger partial charge is 0.329 e. The fourth-order valence-corrected chi connectivity index (χ4v) is 3.15. The molecule has 0 radical (unpaired) electrons. The van der Waals surface area contributed by atoms with Crippen molar-refractivity contribution >= 4 is 34.9 Å². The lowest BCUT2D eigenvalue weighted by molar-refractivity contribution is -0.119. The van der Waals surface area contributed by atoms with Gasteiger partial charge in [-0.15, -0.1) is 0 Å². The van der Waals surface area contributed by atoms with Crippen molar-refractivity contribution in [2.45, 2.75) is 38.3 Å². The second kappa shape index (κ2) is 7.40. The predicted octanol–water partition coefficient (Wildman–Crippen LogP) is 2.53. The highest BCUT2D eigenvalue weighted by molar-refractivity contribution is 6.36. The fraction of sp³-hybridized carbons (Fsp3) is 0.571. The van der Waals surface area contributed by atoms with E-state index in [4.69, 9.17) is 28.9 Å². The molecule has 5 nitrogen and oxygen atoms in total. The lowest BCUT2D eigenvalue weighted by Gasteiger charge is -2.39. The van der Waals surface area contributed by atoms with Gasteiger partial charge in [0.1, 0.15) is 0 Å². The van der Waals surface area contributed by atoms with Crippen LogP contribution in [0.2, 0.25) is 10.0 Å². The van der Waals surface area contributed by atoms with Crippen LogP contribution in [0.25, 0.3) is 0 Å². The van der Waals surface area contributed by atoms with Gasteiger partial charge in [0, 0.05) is 24.8 Å². The van der Waals surface area contributed by atoms with Crippen LogP contribution in [0, 0.1) is 0 Å². The average Bonchev–Trinajstić information content (AvgIpc) is 2.44. The minimum atomic E-state index is -0.140. The SMILES string of the molecule is CC1CCCC(CN)N1CC(=O)Nc1ncc(Cl)cc1Cl. The van der Waals surface area contributed by atoms with Crippen molar-refractivity contribution in [1.82, 2.24) is 9.88 Å². The topological polar surface area (TPSA) is 71.2 Å². The van der Waals surface area contributed by atoms with E-state index in [0.717, 1.165) is 19.3 Å². The first kappa shape index (κ1) is 16.5. The van der Waals surface area contributed by atoms with Crippen LogP contribution in [0.4, 0.5) is 5.82 Å². The van der Waals surface area contributed by atoms with Crippen molar-refractivity contribution in [3.05, 3.63) is 22.3 Å². The van der Waals surface area contributed by atoms with E-state index in [1.807, 2.05) is 0 Å². The maximum atomic E-state index is 12.2. The summed E-state index contributed by atoms with van der Waals surface area (Å²) < 4.78 is 0. The van der Waals surface area contributed by atoms with Gasteiger partial charge in [0.15, 0.2) is 5.82 Å². The number of nitrogens with one attached hydrogen (secondary N) is 1. The van der Waals surface area contributed by atoms with Crippen molar-refractivity contribution < 1.29 is 4.79 Å². The lowest BCUT2D eigenvalue weighted by atomic mass is 9.96. The average molecular weight is 331 g/mol. The third-order valence-corrected chi connectivity index (χ3v) is 4.35. The molecular weight excluding hydrogens is 311 g/mol. The summed E-state index contributed by atoms with van der Waals surface area (Å²) in [6.45, 7) is 2.99. The van der Waals surface area contributed by atoms with Crippen molar-refractivity contribution in [1.29, 1.82) is 0 Å². The number of nitrogens with two attached hydrogens (primary N) is 1. The van der Waals surface area contributed by atoms with E-state index in [9.17, 15) is 4.79 Å². The van der Waals surface area contributed by atoms with Crippen LogP contribution in [-0.2, 0) is 4.79 Å². The van der Waals surface area contributed by atoms with E-state index < -0.39 is 0 Å². The molecule has 2 rings (SSSR count). The van der Waals surface area contributed by atoms with Gasteiger partial charge in [-0.3, -0.25) is 9.69 Å². The van der Waals surface area contributed by atoms with Crippen LogP contribution in [0.5, 0.6) is 0 Å². The number of amides is 1. The maximum absolute atomic E-state index is 12.2. The molecule has 3 N–H and O–H groups in total. The quantitative estimate of drug-likeness (QED) is 0.889. The molecule has 0 spiro atoms. The van der Waals surface area contributed by atoms with Gasteiger partial charge >= 0.3 is 0 Å². The Kier molecular flexibility index (Phi) is 5.81. The minimum absolute atomic E-state index is 0.140. The van der Waals surface area contributed by atoms with Crippen LogP contribution in [-0.4, -0.2) is 41.0 Å². The first-order valence-corrected chi connectivity index (χ1v) is 7.83. The molecular formula is C14H20Cl2N4O. The smallest absolute Gasteiger partial charge is 0.239 e. The first-order chi connectivity index (χ1) is 10.0. The van der Waals surface area contributed by atoms with E-state index in [2.05, 4.69) is 22.1 Å². The summed E-state index contributed by atoms with van der Waals surface area (Å²) in [4.78, 5) is 18.4. The summed E-state index contributed by atoms with van der Waals surface area (Å²) in [5.41, 5.74) is 5.80. The molecule has 0 bridgehead atoms. The third-order valence-electron chi connectivity index (χ3n) is 3.86. The molecule has 116 valence electrons. The normalized spacial score (nSPS) is 23.0. The summed E-state index contributed by atoms with van der Waals surface area (Å²) in [5, 5.41) is 3.49. The molecule has 0 aliphatic carbocycles. The molecule has 0 aromatic carbocycles. The zero-order chi connectivity index (χ0) is 15.4. The number of anilines is 1. The Balaban J connectivity index is 2.00. The van der Waals surface area contributed by atoms with Gasteiger partial charge in [-0.2, -0.15) is 0 Å². The Morgan fingerprint density at radius 3 is 2.95 bits per heavy atom. The maximum Gasteiger partial charge on any atom is 0.239 e. The zero-order valence-electron chi connectivity index (χ0n) is 12.0. The Morgan fingerprint density at radius 2 is 2.29 bits per heavy atom. The molecule has 1 saturated heterocycles. The summed E-state index contributed by atoms with van der Waals surface area (Å²) >= 11 is 11.8. The summed E-state index contributed by atoms with van der Waals surface area (Å²) in [6, 6.07) is 2.16. The van der Waals surface area contributed by atoms with Gasteiger partial charge in [-0.25, -0.2) is 4.98 Å². The number of rotatable bonds is 4. The van der Waals surface area contributed by atoms with Crippen LogP contribution in [0.3, 0.4) is 0 Å². The second-order valence-electron chi connectivity index (χ2n) is 5.37. The number of piperidine rings is 1. The highest BCUT2D eigenvalue weighted by atomic mass is 35.5. The fourth-order valence-electron chi connectivity index (χ4n) is 2.72. The standard InChI is InChI=1S/C14H20Cl2N4O/c1-9-3-2-4-11(6-17)20(9)8-13(21)19-14-12(16)5-10(15)7-18-14/h5,7,9,11H,2-4,6,8,17H2,1H3,(H,18,19,21). The minimum Gasteiger partial charge on any atom is -0.329 e. The number of pyridine rings is 1. The summed E-state index contributed by atoms with van der Waals surface area (Å²) in [6.07, 6.45) is 4.73. The summed E-state index contributed by atoms with van der Waals surface area (Å²) in [5.74, 6) is 0.193. The van der Waals surface area contributed by atoms with E-state index in [1.54, 1.807) is 6.07 Å². The van der Waals surface area contributed by atoms with Crippen LogP contribution in [0.15, 0.2) is 12.3 Å². The molecule has 1 aliphatic heterocycles. The van der Waals surface area contributed by atoms with Crippen LogP contribution < -0.4 is 11.1 Å². The number of hydrogen-bond acceptors (Lipinski definition) is 4. The Morgan fingerprint density at radius 1 is 1.52 bits per heavy atom. The Bertz CT molecular complexity index is 512. The number of carbonyl (C=O) groups excluding carboxylic acids is 1. The molecule has 21 heavy (non-hydrogen) atoms. The Hall–Kier alpha value is -0.880. The number of nitrogens with zero attached hydrogens (tertiary/aromatic N) is 2. The van der Waals surface area contributed by atoms with Crippen molar-refractivity contribution in [3.63, 3.8) is 0 Å².